The van der Waals surface area contributed by atoms with Crippen molar-refractivity contribution in [2.75, 3.05) is 0 Å². The number of benzene rings is 3. The Morgan fingerprint density at radius 1 is 0.794 bits per heavy atom. The molecule has 0 fully saturated rings. The molecular weight excluding hydrogens is 477 g/mol. The van der Waals surface area contributed by atoms with Crippen LogP contribution in [0, 0.1) is 23.5 Å². The van der Waals surface area contributed by atoms with Crippen LogP contribution in [-0.4, -0.2) is 4.98 Å². The molecule has 0 unspecified atom stereocenters. The lowest BCUT2D eigenvalue weighted by molar-refractivity contribution is -0.148. The molecule has 1 N–H and O–H groups in total. The van der Waals surface area contributed by atoms with Crippen LogP contribution in [0.1, 0.15) is 22.3 Å². The molecule has 177 valence electrons. The van der Waals surface area contributed by atoms with Crippen molar-refractivity contribution < 1.29 is 44.3 Å². The molecule has 0 saturated carbocycles. The molecule has 1 aromatic heterocycles. The number of ether oxygens (including phenoxy) is 1. The first kappa shape index (κ1) is 23.5. The van der Waals surface area contributed by atoms with Crippen molar-refractivity contribution in [1.82, 2.24) is 4.98 Å². The molecular formula is C23H11F9NO. The molecule has 4 rings (SSSR count). The highest BCUT2D eigenvalue weighted by Gasteiger charge is 2.47. The second-order valence-corrected chi connectivity index (χ2v) is 7.25. The quantitative estimate of drug-likeness (QED) is 0.291. The van der Waals surface area contributed by atoms with Gasteiger partial charge in [0.1, 0.15) is 34.3 Å². The molecule has 0 atom stereocenters. The third-order valence-corrected chi connectivity index (χ3v) is 4.95. The molecule has 0 aliphatic carbocycles. The summed E-state index contributed by atoms with van der Waals surface area (Å²) < 4.78 is 126. The predicted molar refractivity (Wildman–Crippen MR) is 103 cm³/mol. The summed E-state index contributed by atoms with van der Waals surface area (Å²) in [4.78, 5) is 2.89. The Hall–Kier alpha value is -3.63. The van der Waals surface area contributed by atoms with Gasteiger partial charge in [0.25, 0.3) is 0 Å². The predicted octanol–water partition coefficient (Wildman–Crippen LogP) is 7.81. The van der Waals surface area contributed by atoms with Gasteiger partial charge in [-0.3, -0.25) is 0 Å². The molecule has 2 nitrogen and oxygen atoms in total. The van der Waals surface area contributed by atoms with Gasteiger partial charge in [-0.15, -0.1) is 0 Å². The summed E-state index contributed by atoms with van der Waals surface area (Å²) in [7, 11) is 0. The van der Waals surface area contributed by atoms with Crippen LogP contribution in [0.3, 0.4) is 0 Å². The topological polar surface area (TPSA) is 25.0 Å². The molecule has 3 aromatic carbocycles. The number of fused-ring (bicyclic) bond motifs is 1. The Labute approximate surface area is 185 Å². The van der Waals surface area contributed by atoms with Crippen LogP contribution >= 0.6 is 0 Å². The fraction of sp³-hybridized carbons (Fsp3) is 0.130. The lowest BCUT2D eigenvalue weighted by atomic mass is 10.0. The first-order chi connectivity index (χ1) is 15.8. The standard InChI is InChI=1S/C23H11F9NO/c24-13-3-1-11(2-4-13)7-12-10-33-18-6-5-14(8-15(12)18)34-21-19(22(27,28)29)16(25)9-17(26)20(21)23(30,31)32/h1-6,8,10,33H,7H2. The van der Waals surface area contributed by atoms with Crippen LogP contribution in [0.15, 0.2) is 48.7 Å². The van der Waals surface area contributed by atoms with E-state index in [1.54, 1.807) is 6.20 Å². The fourth-order valence-electron chi connectivity index (χ4n) is 3.46. The Bertz CT molecular complexity index is 1310. The van der Waals surface area contributed by atoms with E-state index in [1.807, 2.05) is 0 Å². The average molecular weight is 488 g/mol. The highest BCUT2D eigenvalue weighted by Crippen LogP contribution is 2.48. The van der Waals surface area contributed by atoms with Crippen molar-refractivity contribution >= 4 is 10.9 Å². The van der Waals surface area contributed by atoms with E-state index in [4.69, 9.17) is 4.74 Å². The number of hydrogen-bond acceptors (Lipinski definition) is 1. The van der Waals surface area contributed by atoms with E-state index in [0.29, 0.717) is 22.0 Å². The minimum Gasteiger partial charge on any atom is -0.456 e. The Kier molecular flexibility index (Phi) is 5.74. The maximum Gasteiger partial charge on any atom is 0.422 e. The van der Waals surface area contributed by atoms with Gasteiger partial charge in [0, 0.05) is 17.1 Å². The molecule has 0 spiro atoms. The molecule has 4 aromatic rings. The number of alkyl halides is 6. The van der Waals surface area contributed by atoms with Crippen molar-refractivity contribution in [3.8, 4) is 11.5 Å². The number of rotatable bonds is 4. The summed E-state index contributed by atoms with van der Waals surface area (Å²) in [6, 6.07) is 9.80. The van der Waals surface area contributed by atoms with Gasteiger partial charge in [-0.1, -0.05) is 12.1 Å². The van der Waals surface area contributed by atoms with Crippen molar-refractivity contribution in [2.45, 2.75) is 18.8 Å². The van der Waals surface area contributed by atoms with Crippen LogP contribution in [0.2, 0.25) is 0 Å². The Morgan fingerprint density at radius 3 is 1.94 bits per heavy atom. The molecule has 34 heavy (non-hydrogen) atoms. The summed E-state index contributed by atoms with van der Waals surface area (Å²) >= 11 is 0. The summed E-state index contributed by atoms with van der Waals surface area (Å²) in [5, 5.41) is 0.368. The SMILES string of the molecule is Fc1ccc(Cc2c[nH]c3ccc(Oc4c(C(F)(F)F)c(F)[c]c(F)c4C(F)(F)F)cc23)cc1. The third-order valence-electron chi connectivity index (χ3n) is 4.95. The van der Waals surface area contributed by atoms with Crippen molar-refractivity contribution in [2.24, 2.45) is 0 Å². The smallest absolute Gasteiger partial charge is 0.422 e. The first-order valence-electron chi connectivity index (χ1n) is 9.45. The maximum atomic E-state index is 13.9. The lowest BCUT2D eigenvalue weighted by Crippen LogP contribution is -2.18. The van der Waals surface area contributed by atoms with Crippen molar-refractivity contribution in [3.05, 3.63) is 94.4 Å². The van der Waals surface area contributed by atoms with Crippen LogP contribution in [0.25, 0.3) is 10.9 Å². The van der Waals surface area contributed by atoms with Crippen LogP contribution in [0.5, 0.6) is 11.5 Å². The van der Waals surface area contributed by atoms with Gasteiger partial charge >= 0.3 is 12.4 Å². The number of hydrogen-bond donors (Lipinski definition) is 1. The zero-order valence-corrected chi connectivity index (χ0v) is 16.6. The minimum atomic E-state index is -5.63. The van der Waals surface area contributed by atoms with Gasteiger partial charge < -0.3 is 9.72 Å². The highest BCUT2D eigenvalue weighted by atomic mass is 19.4. The third kappa shape index (κ3) is 4.55. The van der Waals surface area contributed by atoms with E-state index >= 15 is 0 Å². The van der Waals surface area contributed by atoms with Crippen LogP contribution in [-0.2, 0) is 18.8 Å². The number of nitrogens with one attached hydrogen (secondary N) is 1. The second-order valence-electron chi connectivity index (χ2n) is 7.25. The van der Waals surface area contributed by atoms with Crippen LogP contribution < -0.4 is 4.74 Å². The normalized spacial score (nSPS) is 12.4. The molecule has 0 saturated heterocycles. The summed E-state index contributed by atoms with van der Waals surface area (Å²) in [5.74, 6) is -7.77. The zero-order valence-electron chi connectivity index (χ0n) is 16.6. The maximum absolute atomic E-state index is 13.9. The first-order valence-corrected chi connectivity index (χ1v) is 9.45. The molecule has 0 aliphatic heterocycles. The van der Waals surface area contributed by atoms with Crippen LogP contribution in [0.4, 0.5) is 39.5 Å². The summed E-state index contributed by atoms with van der Waals surface area (Å²) in [6.45, 7) is 0. The van der Waals surface area contributed by atoms with Gasteiger partial charge in [-0.25, -0.2) is 13.2 Å². The molecule has 11 heteroatoms. The van der Waals surface area contributed by atoms with E-state index in [-0.39, 0.29) is 6.42 Å². The number of halogens is 9. The largest absolute Gasteiger partial charge is 0.456 e. The number of aromatic nitrogens is 1. The average Bonchev–Trinajstić information content (AvgIpc) is 3.09. The molecule has 0 aliphatic rings. The minimum absolute atomic E-state index is 0.245. The molecule has 0 bridgehead atoms. The van der Waals surface area contributed by atoms with Gasteiger partial charge in [-0.05, 0) is 47.9 Å². The Morgan fingerprint density at radius 2 is 1.38 bits per heavy atom. The highest BCUT2D eigenvalue weighted by molar-refractivity contribution is 5.85. The van der Waals surface area contributed by atoms with Gasteiger partial charge in [0.15, 0.2) is 5.75 Å². The van der Waals surface area contributed by atoms with E-state index in [2.05, 4.69) is 4.98 Å². The fourth-order valence-corrected chi connectivity index (χ4v) is 3.46. The second kappa shape index (κ2) is 8.30. The van der Waals surface area contributed by atoms with E-state index in [1.165, 1.54) is 30.3 Å². The van der Waals surface area contributed by atoms with E-state index in [9.17, 15) is 39.5 Å². The number of H-pyrrole nitrogens is 1. The van der Waals surface area contributed by atoms with E-state index in [0.717, 1.165) is 18.2 Å². The molecule has 0 amide bonds. The summed E-state index contributed by atoms with van der Waals surface area (Å²) in [5.41, 5.74) is -3.15. The van der Waals surface area contributed by atoms with Crippen molar-refractivity contribution in [3.63, 3.8) is 0 Å². The summed E-state index contributed by atoms with van der Waals surface area (Å²) in [6.07, 6.45) is -9.46. The lowest BCUT2D eigenvalue weighted by Gasteiger charge is -2.20. The number of aromatic amines is 1. The van der Waals surface area contributed by atoms with Gasteiger partial charge in [0.2, 0.25) is 0 Å². The Balaban J connectivity index is 1.82. The van der Waals surface area contributed by atoms with E-state index < -0.39 is 52.4 Å². The van der Waals surface area contributed by atoms with Gasteiger partial charge in [0.05, 0.1) is 6.07 Å². The monoisotopic (exact) mass is 488 g/mol. The van der Waals surface area contributed by atoms with Crippen molar-refractivity contribution in [1.29, 1.82) is 0 Å². The molecule has 1 heterocycles. The van der Waals surface area contributed by atoms with Gasteiger partial charge in [-0.2, -0.15) is 26.3 Å². The molecule has 1 radical (unpaired) electrons. The zero-order chi connectivity index (χ0) is 24.8.